The standard InChI is InChI=1S/C23H24N2O4/c1-27-20-10-6-5-9-18(20)23(11-13-28-14-12-23)16-24-22(26)19-15-21(29-25-19)17-7-3-2-4-8-17/h2-10,15H,11-14,16H2,1H3,(H,24,26). The van der Waals surface area contributed by atoms with Crippen molar-refractivity contribution in [1.29, 1.82) is 0 Å². The molecule has 6 nitrogen and oxygen atoms in total. The number of para-hydroxylation sites is 1. The van der Waals surface area contributed by atoms with E-state index in [9.17, 15) is 4.79 Å². The summed E-state index contributed by atoms with van der Waals surface area (Å²) in [6.07, 6.45) is 1.61. The molecule has 6 heteroatoms. The molecule has 2 heterocycles. The highest BCUT2D eigenvalue weighted by atomic mass is 16.5. The number of ether oxygens (including phenoxy) is 2. The summed E-state index contributed by atoms with van der Waals surface area (Å²) in [7, 11) is 1.67. The molecule has 0 spiro atoms. The Morgan fingerprint density at radius 3 is 2.59 bits per heavy atom. The normalized spacial score (nSPS) is 15.6. The van der Waals surface area contributed by atoms with E-state index in [1.807, 2.05) is 48.5 Å². The topological polar surface area (TPSA) is 73.6 Å². The zero-order valence-electron chi connectivity index (χ0n) is 16.4. The number of hydrogen-bond acceptors (Lipinski definition) is 5. The van der Waals surface area contributed by atoms with Crippen LogP contribution in [0.1, 0.15) is 28.9 Å². The molecule has 1 fully saturated rings. The van der Waals surface area contributed by atoms with Crippen LogP contribution < -0.4 is 10.1 Å². The minimum atomic E-state index is -0.253. The van der Waals surface area contributed by atoms with E-state index >= 15 is 0 Å². The first kappa shape index (κ1) is 19.2. The molecule has 150 valence electrons. The summed E-state index contributed by atoms with van der Waals surface area (Å²) in [5.74, 6) is 1.15. The number of carbonyl (C=O) groups is 1. The number of rotatable bonds is 6. The second-order valence-corrected chi connectivity index (χ2v) is 7.22. The fourth-order valence-corrected chi connectivity index (χ4v) is 3.85. The molecule has 1 aliphatic heterocycles. The van der Waals surface area contributed by atoms with Gasteiger partial charge in [-0.2, -0.15) is 0 Å². The highest BCUT2D eigenvalue weighted by Gasteiger charge is 2.37. The molecule has 0 unspecified atom stereocenters. The van der Waals surface area contributed by atoms with E-state index in [0.29, 0.717) is 25.5 Å². The van der Waals surface area contributed by atoms with Crippen LogP contribution in [0.25, 0.3) is 11.3 Å². The van der Waals surface area contributed by atoms with Gasteiger partial charge in [0.25, 0.3) is 5.91 Å². The molecular formula is C23H24N2O4. The Labute approximate surface area is 169 Å². The minimum Gasteiger partial charge on any atom is -0.496 e. The van der Waals surface area contributed by atoms with Crippen molar-refractivity contribution in [2.24, 2.45) is 0 Å². The smallest absolute Gasteiger partial charge is 0.273 e. The molecule has 2 aromatic carbocycles. The Kier molecular flexibility index (Phi) is 5.62. The lowest BCUT2D eigenvalue weighted by molar-refractivity contribution is 0.0478. The summed E-state index contributed by atoms with van der Waals surface area (Å²) in [6.45, 7) is 1.77. The highest BCUT2D eigenvalue weighted by molar-refractivity contribution is 5.93. The third-order valence-corrected chi connectivity index (χ3v) is 5.52. The number of nitrogens with one attached hydrogen (secondary N) is 1. The molecule has 1 N–H and O–H groups in total. The van der Waals surface area contributed by atoms with Crippen molar-refractivity contribution in [2.45, 2.75) is 18.3 Å². The van der Waals surface area contributed by atoms with Gasteiger partial charge in [0.15, 0.2) is 11.5 Å². The van der Waals surface area contributed by atoms with Gasteiger partial charge in [0, 0.05) is 42.4 Å². The van der Waals surface area contributed by atoms with Crippen LogP contribution in [0.3, 0.4) is 0 Å². The Morgan fingerprint density at radius 1 is 1.10 bits per heavy atom. The van der Waals surface area contributed by atoms with Gasteiger partial charge in [-0.15, -0.1) is 0 Å². The van der Waals surface area contributed by atoms with Crippen LogP contribution in [-0.2, 0) is 10.2 Å². The van der Waals surface area contributed by atoms with Crippen LogP contribution in [-0.4, -0.2) is 37.9 Å². The second kappa shape index (κ2) is 8.49. The number of methoxy groups -OCH3 is 1. The number of carbonyl (C=O) groups excluding carboxylic acids is 1. The second-order valence-electron chi connectivity index (χ2n) is 7.22. The van der Waals surface area contributed by atoms with Gasteiger partial charge >= 0.3 is 0 Å². The zero-order valence-corrected chi connectivity index (χ0v) is 16.4. The van der Waals surface area contributed by atoms with Gasteiger partial charge in [0.2, 0.25) is 0 Å². The first-order chi connectivity index (χ1) is 14.2. The number of hydrogen-bond donors (Lipinski definition) is 1. The fourth-order valence-electron chi connectivity index (χ4n) is 3.85. The first-order valence-corrected chi connectivity index (χ1v) is 9.73. The van der Waals surface area contributed by atoms with Crippen molar-refractivity contribution in [1.82, 2.24) is 10.5 Å². The van der Waals surface area contributed by atoms with E-state index in [-0.39, 0.29) is 17.0 Å². The molecule has 0 saturated carbocycles. The average Bonchev–Trinajstić information content (AvgIpc) is 3.29. The molecule has 0 bridgehead atoms. The summed E-state index contributed by atoms with van der Waals surface area (Å²) in [5, 5.41) is 7.00. The van der Waals surface area contributed by atoms with Gasteiger partial charge in [-0.25, -0.2) is 0 Å². The van der Waals surface area contributed by atoms with Gasteiger partial charge in [-0.3, -0.25) is 4.79 Å². The van der Waals surface area contributed by atoms with Crippen molar-refractivity contribution in [2.75, 3.05) is 26.9 Å². The van der Waals surface area contributed by atoms with Crippen LogP contribution in [0.4, 0.5) is 0 Å². The van der Waals surface area contributed by atoms with Crippen molar-refractivity contribution in [3.63, 3.8) is 0 Å². The van der Waals surface area contributed by atoms with Crippen LogP contribution >= 0.6 is 0 Å². The Morgan fingerprint density at radius 2 is 1.83 bits per heavy atom. The molecule has 1 aromatic heterocycles. The molecule has 0 aliphatic carbocycles. The zero-order chi connectivity index (χ0) is 20.1. The van der Waals surface area contributed by atoms with Crippen molar-refractivity contribution in [3.05, 3.63) is 71.9 Å². The van der Waals surface area contributed by atoms with Crippen LogP contribution in [0.5, 0.6) is 5.75 Å². The lowest BCUT2D eigenvalue weighted by Crippen LogP contribution is -2.44. The van der Waals surface area contributed by atoms with Crippen molar-refractivity contribution in [3.8, 4) is 17.1 Å². The number of aromatic nitrogens is 1. The van der Waals surface area contributed by atoms with E-state index in [2.05, 4.69) is 16.5 Å². The van der Waals surface area contributed by atoms with Gasteiger partial charge in [0.05, 0.1) is 7.11 Å². The SMILES string of the molecule is COc1ccccc1C1(CNC(=O)c2cc(-c3ccccc3)on2)CCOCC1. The maximum atomic E-state index is 12.8. The van der Waals surface area contributed by atoms with Crippen LogP contribution in [0.15, 0.2) is 65.2 Å². The number of benzene rings is 2. The predicted octanol–water partition coefficient (Wildman–Crippen LogP) is 3.83. The Balaban J connectivity index is 1.52. The molecule has 1 aliphatic rings. The quantitative estimate of drug-likeness (QED) is 0.690. The molecule has 3 aromatic rings. The lowest BCUT2D eigenvalue weighted by atomic mass is 9.73. The maximum Gasteiger partial charge on any atom is 0.273 e. The molecule has 0 atom stereocenters. The molecule has 4 rings (SSSR count). The molecule has 1 saturated heterocycles. The molecule has 29 heavy (non-hydrogen) atoms. The third-order valence-electron chi connectivity index (χ3n) is 5.52. The predicted molar refractivity (Wildman–Crippen MR) is 109 cm³/mol. The third kappa shape index (κ3) is 4.03. The van der Waals surface area contributed by atoms with Crippen LogP contribution in [0.2, 0.25) is 0 Å². The van der Waals surface area contributed by atoms with Gasteiger partial charge in [-0.1, -0.05) is 53.7 Å². The first-order valence-electron chi connectivity index (χ1n) is 9.73. The van der Waals surface area contributed by atoms with Crippen molar-refractivity contribution < 1.29 is 18.8 Å². The average molecular weight is 392 g/mol. The summed E-state index contributed by atoms with van der Waals surface area (Å²) in [4.78, 5) is 12.8. The highest BCUT2D eigenvalue weighted by Crippen LogP contribution is 2.39. The summed E-state index contributed by atoms with van der Waals surface area (Å²) < 4.78 is 16.5. The molecule has 0 radical (unpaired) electrons. The van der Waals surface area contributed by atoms with E-state index < -0.39 is 0 Å². The van der Waals surface area contributed by atoms with Gasteiger partial charge in [-0.05, 0) is 18.9 Å². The summed E-state index contributed by atoms with van der Waals surface area (Å²) in [6, 6.07) is 19.2. The summed E-state index contributed by atoms with van der Waals surface area (Å²) in [5.41, 5.74) is 2.00. The van der Waals surface area contributed by atoms with E-state index in [4.69, 9.17) is 14.0 Å². The molecule has 1 amide bonds. The largest absolute Gasteiger partial charge is 0.496 e. The number of nitrogens with zero attached hydrogens (tertiary/aromatic N) is 1. The van der Waals surface area contributed by atoms with Crippen LogP contribution in [0, 0.1) is 0 Å². The Hall–Kier alpha value is -3.12. The van der Waals surface area contributed by atoms with Gasteiger partial charge in [0.1, 0.15) is 5.75 Å². The van der Waals surface area contributed by atoms with E-state index in [1.54, 1.807) is 13.2 Å². The lowest BCUT2D eigenvalue weighted by Gasteiger charge is -2.38. The monoisotopic (exact) mass is 392 g/mol. The van der Waals surface area contributed by atoms with E-state index in [0.717, 1.165) is 29.7 Å². The van der Waals surface area contributed by atoms with Crippen molar-refractivity contribution >= 4 is 5.91 Å². The Bertz CT molecular complexity index is 962. The molecular weight excluding hydrogens is 368 g/mol. The van der Waals surface area contributed by atoms with Gasteiger partial charge < -0.3 is 19.3 Å². The number of amides is 1. The van der Waals surface area contributed by atoms with E-state index in [1.165, 1.54) is 0 Å². The minimum absolute atomic E-state index is 0.244. The summed E-state index contributed by atoms with van der Waals surface area (Å²) >= 11 is 0. The maximum absolute atomic E-state index is 12.8. The fraction of sp³-hybridized carbons (Fsp3) is 0.304.